The van der Waals surface area contributed by atoms with Crippen LogP contribution in [0.2, 0.25) is 0 Å². The molecule has 13 heavy (non-hydrogen) atoms. The lowest BCUT2D eigenvalue weighted by Crippen LogP contribution is -2.35. The minimum Gasteiger partial charge on any atom is -0.0707 e. The van der Waals surface area contributed by atoms with E-state index in [2.05, 4.69) is 41.5 Å². The molecule has 0 amide bonds. The maximum atomic E-state index is 2.39. The predicted molar refractivity (Wildman–Crippen MR) is 59.6 cm³/mol. The Balaban J connectivity index is 2.74. The zero-order valence-electron chi connectivity index (χ0n) is 10.0. The van der Waals surface area contributed by atoms with Crippen LogP contribution in [0.4, 0.5) is 0 Å². The van der Waals surface area contributed by atoms with Crippen molar-refractivity contribution in [2.24, 2.45) is 23.7 Å². The molecule has 1 aliphatic rings. The van der Waals surface area contributed by atoms with Gasteiger partial charge in [0, 0.05) is 0 Å². The molecule has 1 aliphatic carbocycles. The van der Waals surface area contributed by atoms with Gasteiger partial charge in [0.25, 0.3) is 0 Å². The highest BCUT2D eigenvalue weighted by molar-refractivity contribution is 5.29. The summed E-state index contributed by atoms with van der Waals surface area (Å²) in [5, 5.41) is 0. The topological polar surface area (TPSA) is 0 Å². The molecular formula is C13H24. The van der Waals surface area contributed by atoms with Crippen molar-refractivity contribution >= 4 is 0 Å². The molecule has 3 unspecified atom stereocenters. The minimum absolute atomic E-state index is 0.834. The summed E-state index contributed by atoms with van der Waals surface area (Å²) in [6, 6.07) is 0. The summed E-state index contributed by atoms with van der Waals surface area (Å²) in [4.78, 5) is 0. The maximum Gasteiger partial charge on any atom is -0.0110 e. The normalized spacial score (nSPS) is 30.7. The van der Waals surface area contributed by atoms with E-state index in [0.29, 0.717) is 0 Å². The maximum absolute atomic E-state index is 2.39. The van der Waals surface area contributed by atoms with Gasteiger partial charge < -0.3 is 0 Å². The summed E-state index contributed by atoms with van der Waals surface area (Å²) in [5.41, 5.74) is 3.32. The number of hydrogen-bond acceptors (Lipinski definition) is 0. The minimum atomic E-state index is 0.834. The fourth-order valence-corrected chi connectivity index (χ4v) is 3.00. The van der Waals surface area contributed by atoms with Gasteiger partial charge in [0.1, 0.15) is 0 Å². The van der Waals surface area contributed by atoms with E-state index in [-0.39, 0.29) is 0 Å². The first-order valence-corrected chi connectivity index (χ1v) is 5.67. The molecule has 0 saturated heterocycles. The van der Waals surface area contributed by atoms with Crippen LogP contribution in [0.5, 0.6) is 0 Å². The lowest BCUT2D eigenvalue weighted by Gasteiger charge is -2.44. The van der Waals surface area contributed by atoms with E-state index in [9.17, 15) is 0 Å². The average molecular weight is 180 g/mol. The largest absolute Gasteiger partial charge is 0.0707 e. The van der Waals surface area contributed by atoms with Crippen molar-refractivity contribution in [2.75, 3.05) is 0 Å². The van der Waals surface area contributed by atoms with Gasteiger partial charge in [-0.3, -0.25) is 0 Å². The third-order valence-electron chi connectivity index (χ3n) is 4.13. The van der Waals surface area contributed by atoms with Gasteiger partial charge in [0.05, 0.1) is 0 Å². The number of rotatable bonds is 3. The Kier molecular flexibility index (Phi) is 3.21. The third-order valence-corrected chi connectivity index (χ3v) is 4.13. The van der Waals surface area contributed by atoms with Crippen molar-refractivity contribution in [3.05, 3.63) is 11.1 Å². The van der Waals surface area contributed by atoms with Gasteiger partial charge in [0.15, 0.2) is 0 Å². The Bertz CT molecular complexity index is 210. The Labute approximate surface area is 83.4 Å². The van der Waals surface area contributed by atoms with Crippen molar-refractivity contribution in [3.8, 4) is 0 Å². The average Bonchev–Trinajstić information content (AvgIpc) is 2.11. The van der Waals surface area contributed by atoms with Crippen molar-refractivity contribution in [1.82, 2.24) is 0 Å². The van der Waals surface area contributed by atoms with E-state index in [0.717, 1.165) is 23.7 Å². The van der Waals surface area contributed by atoms with Crippen LogP contribution in [-0.2, 0) is 0 Å². The van der Waals surface area contributed by atoms with E-state index >= 15 is 0 Å². The van der Waals surface area contributed by atoms with Crippen LogP contribution in [0.1, 0.15) is 48.0 Å². The van der Waals surface area contributed by atoms with Gasteiger partial charge in [-0.2, -0.15) is 0 Å². The van der Waals surface area contributed by atoms with Gasteiger partial charge >= 0.3 is 0 Å². The zero-order chi connectivity index (χ0) is 10.2. The van der Waals surface area contributed by atoms with Crippen LogP contribution in [0, 0.1) is 23.7 Å². The highest BCUT2D eigenvalue weighted by atomic mass is 14.4. The third kappa shape index (κ3) is 1.68. The first-order valence-electron chi connectivity index (χ1n) is 5.67. The molecule has 0 aliphatic heterocycles. The highest BCUT2D eigenvalue weighted by Crippen LogP contribution is 2.47. The summed E-state index contributed by atoms with van der Waals surface area (Å²) in [6.07, 6.45) is 1.33. The molecule has 0 aromatic heterocycles. The molecule has 0 heteroatoms. The Morgan fingerprint density at radius 1 is 1.15 bits per heavy atom. The summed E-state index contributed by atoms with van der Waals surface area (Å²) in [5.74, 6) is 3.46. The molecule has 0 saturated carbocycles. The molecule has 0 spiro atoms. The van der Waals surface area contributed by atoms with Gasteiger partial charge in [-0.05, 0) is 37.5 Å². The van der Waals surface area contributed by atoms with E-state index < -0.39 is 0 Å². The molecule has 0 heterocycles. The Hall–Kier alpha value is -0.260. The zero-order valence-corrected chi connectivity index (χ0v) is 10.0. The molecule has 0 radical (unpaired) electrons. The van der Waals surface area contributed by atoms with E-state index in [1.807, 2.05) is 0 Å². The smallest absolute Gasteiger partial charge is 0.0110 e. The molecular weight excluding hydrogens is 156 g/mol. The second-order valence-corrected chi connectivity index (χ2v) is 5.00. The van der Waals surface area contributed by atoms with Crippen LogP contribution >= 0.6 is 0 Å². The van der Waals surface area contributed by atoms with Gasteiger partial charge in [-0.15, -0.1) is 0 Å². The highest BCUT2D eigenvalue weighted by Gasteiger charge is 2.37. The van der Waals surface area contributed by atoms with Gasteiger partial charge in [-0.25, -0.2) is 0 Å². The fraction of sp³-hybridized carbons (Fsp3) is 0.846. The molecule has 0 N–H and O–H groups in total. The van der Waals surface area contributed by atoms with Crippen LogP contribution < -0.4 is 0 Å². The van der Waals surface area contributed by atoms with Gasteiger partial charge in [-0.1, -0.05) is 45.3 Å². The van der Waals surface area contributed by atoms with E-state index in [1.165, 1.54) is 6.42 Å². The quantitative estimate of drug-likeness (QED) is 0.569. The van der Waals surface area contributed by atoms with Crippen molar-refractivity contribution in [2.45, 2.75) is 48.0 Å². The number of hydrogen-bond donors (Lipinski definition) is 0. The van der Waals surface area contributed by atoms with Crippen molar-refractivity contribution in [1.29, 1.82) is 0 Å². The van der Waals surface area contributed by atoms with Crippen LogP contribution in [0.25, 0.3) is 0 Å². The monoisotopic (exact) mass is 180 g/mol. The first kappa shape index (κ1) is 10.8. The molecule has 0 bridgehead atoms. The molecule has 0 aromatic rings. The van der Waals surface area contributed by atoms with Crippen LogP contribution in [0.15, 0.2) is 11.1 Å². The summed E-state index contributed by atoms with van der Waals surface area (Å²) in [6.45, 7) is 14.1. The van der Waals surface area contributed by atoms with Crippen molar-refractivity contribution in [3.63, 3.8) is 0 Å². The first-order chi connectivity index (χ1) is 6.00. The molecule has 1 rings (SSSR count). The van der Waals surface area contributed by atoms with Gasteiger partial charge in [0.2, 0.25) is 0 Å². The fourth-order valence-electron chi connectivity index (χ4n) is 3.00. The van der Waals surface area contributed by atoms with Crippen LogP contribution in [0.3, 0.4) is 0 Å². The second-order valence-electron chi connectivity index (χ2n) is 5.00. The lowest BCUT2D eigenvalue weighted by molar-refractivity contribution is 0.200. The number of allylic oxidation sites excluding steroid dienone is 2. The van der Waals surface area contributed by atoms with Crippen molar-refractivity contribution < 1.29 is 0 Å². The Morgan fingerprint density at radius 2 is 1.69 bits per heavy atom. The SMILES string of the molecule is CCC(C(C)C)C1C(C)=C(C)C1C. The summed E-state index contributed by atoms with van der Waals surface area (Å²) < 4.78 is 0. The Morgan fingerprint density at radius 3 is 2.00 bits per heavy atom. The molecule has 0 nitrogen and oxygen atoms in total. The van der Waals surface area contributed by atoms with E-state index in [1.54, 1.807) is 11.1 Å². The van der Waals surface area contributed by atoms with E-state index in [4.69, 9.17) is 0 Å². The second kappa shape index (κ2) is 3.86. The summed E-state index contributed by atoms with van der Waals surface area (Å²) in [7, 11) is 0. The molecule has 3 atom stereocenters. The summed E-state index contributed by atoms with van der Waals surface area (Å²) >= 11 is 0. The molecule has 76 valence electrons. The standard InChI is InChI=1S/C13H24/c1-7-12(8(2)3)13-10(5)9(4)11(13)6/h8,10,12-13H,7H2,1-6H3. The molecule has 0 fully saturated rings. The lowest BCUT2D eigenvalue weighted by atomic mass is 9.61. The molecule has 0 aromatic carbocycles. The predicted octanol–water partition coefficient (Wildman–Crippen LogP) is 4.27. The van der Waals surface area contributed by atoms with Crippen LogP contribution in [-0.4, -0.2) is 0 Å².